The van der Waals surface area contributed by atoms with Crippen molar-refractivity contribution in [1.82, 2.24) is 4.90 Å². The molecule has 4 atom stereocenters. The van der Waals surface area contributed by atoms with Crippen LogP contribution >= 0.6 is 0 Å². The number of hydrogen-bond donors (Lipinski definition) is 2. The Morgan fingerprint density at radius 3 is 2.57 bits per heavy atom. The first-order valence-electron chi connectivity index (χ1n) is 7.91. The second-order valence-electron chi connectivity index (χ2n) is 6.01. The summed E-state index contributed by atoms with van der Waals surface area (Å²) >= 11 is 0. The zero-order valence-corrected chi connectivity index (χ0v) is 13.0. The Bertz CT molecular complexity index is 446. The summed E-state index contributed by atoms with van der Waals surface area (Å²) < 4.78 is 0. The van der Waals surface area contributed by atoms with Gasteiger partial charge in [-0.1, -0.05) is 49.4 Å². The Morgan fingerprint density at radius 1 is 1.19 bits per heavy atom. The maximum atomic E-state index is 10.4. The fourth-order valence-corrected chi connectivity index (χ4v) is 2.99. The van der Waals surface area contributed by atoms with E-state index < -0.39 is 6.10 Å². The third-order valence-electron chi connectivity index (χ3n) is 4.53. The van der Waals surface area contributed by atoms with Crippen molar-refractivity contribution in [2.75, 3.05) is 7.05 Å². The van der Waals surface area contributed by atoms with Crippen LogP contribution in [0.1, 0.15) is 44.3 Å². The number of aliphatic hydroxyl groups excluding tert-OH is 2. The zero-order valence-electron chi connectivity index (χ0n) is 13.0. The zero-order chi connectivity index (χ0) is 15.2. The average molecular weight is 289 g/mol. The fraction of sp³-hybridized carbons (Fsp3) is 0.556. The quantitative estimate of drug-likeness (QED) is 0.791. The Kier molecular flexibility index (Phi) is 5.97. The molecule has 21 heavy (non-hydrogen) atoms. The van der Waals surface area contributed by atoms with Crippen LogP contribution in [0, 0.1) is 0 Å². The van der Waals surface area contributed by atoms with Crippen molar-refractivity contribution in [1.29, 1.82) is 0 Å². The summed E-state index contributed by atoms with van der Waals surface area (Å²) in [6.07, 6.45) is 6.96. The molecule has 3 nitrogen and oxygen atoms in total. The Balaban J connectivity index is 1.96. The van der Waals surface area contributed by atoms with E-state index in [1.54, 1.807) is 0 Å². The van der Waals surface area contributed by atoms with Crippen molar-refractivity contribution < 1.29 is 10.2 Å². The first kappa shape index (κ1) is 16.2. The molecule has 0 amide bonds. The first-order chi connectivity index (χ1) is 10.1. The maximum Gasteiger partial charge on any atom is 0.0808 e. The summed E-state index contributed by atoms with van der Waals surface area (Å²) in [4.78, 5) is 2.30. The molecule has 0 spiro atoms. The van der Waals surface area contributed by atoms with Crippen LogP contribution in [0.5, 0.6) is 0 Å². The smallest absolute Gasteiger partial charge is 0.0808 e. The number of likely N-dealkylation sites (N-methyl/N-ethyl adjacent to an activating group) is 1. The topological polar surface area (TPSA) is 43.7 Å². The number of nitrogens with zero attached hydrogens (tertiary/aromatic N) is 1. The van der Waals surface area contributed by atoms with Gasteiger partial charge in [0.2, 0.25) is 0 Å². The van der Waals surface area contributed by atoms with Gasteiger partial charge in [-0.3, -0.25) is 4.90 Å². The van der Waals surface area contributed by atoms with Crippen LogP contribution in [0.4, 0.5) is 0 Å². The minimum Gasteiger partial charge on any atom is -0.393 e. The molecule has 0 bridgehead atoms. The molecule has 0 unspecified atom stereocenters. The van der Waals surface area contributed by atoms with Crippen molar-refractivity contribution in [3.8, 4) is 0 Å². The average Bonchev–Trinajstić information content (AvgIpc) is 2.52. The third-order valence-corrected chi connectivity index (χ3v) is 4.53. The van der Waals surface area contributed by atoms with E-state index in [1.165, 1.54) is 0 Å². The van der Waals surface area contributed by atoms with Gasteiger partial charge in [0.05, 0.1) is 12.2 Å². The third kappa shape index (κ3) is 4.40. The molecule has 1 aromatic carbocycles. The molecule has 1 heterocycles. The van der Waals surface area contributed by atoms with Crippen molar-refractivity contribution in [3.63, 3.8) is 0 Å². The molecule has 0 radical (unpaired) electrons. The van der Waals surface area contributed by atoms with Crippen molar-refractivity contribution in [2.45, 2.75) is 56.9 Å². The highest BCUT2D eigenvalue weighted by atomic mass is 16.3. The summed E-state index contributed by atoms with van der Waals surface area (Å²) in [6.45, 7) is 2.01. The summed E-state index contributed by atoms with van der Waals surface area (Å²) in [5.41, 5.74) is 0.968. The Hall–Kier alpha value is -1.16. The van der Waals surface area contributed by atoms with Gasteiger partial charge < -0.3 is 10.2 Å². The van der Waals surface area contributed by atoms with Gasteiger partial charge >= 0.3 is 0 Å². The fourth-order valence-electron chi connectivity index (χ4n) is 2.99. The minimum absolute atomic E-state index is 0.225. The lowest BCUT2D eigenvalue weighted by molar-refractivity contribution is 0.0727. The van der Waals surface area contributed by atoms with Gasteiger partial charge in [-0.15, -0.1) is 0 Å². The molecule has 0 aromatic heterocycles. The standard InChI is InChI=1S/C18H27NO2/c1-3-17(20)12-15-10-7-11-16(19(15)2)13-18(21)14-8-5-4-6-9-14/h4-9,11,15-18,20-21H,3,10,12-13H2,1-2H3/t15-,16-,17+,18+/m1/s1. The van der Waals surface area contributed by atoms with E-state index in [9.17, 15) is 10.2 Å². The number of benzene rings is 1. The van der Waals surface area contributed by atoms with Crippen LogP contribution in [0.25, 0.3) is 0 Å². The summed E-state index contributed by atoms with van der Waals surface area (Å²) in [7, 11) is 2.10. The SMILES string of the molecule is CC[C@H](O)C[C@H]1CC=C[C@H](C[C@H](O)c2ccccc2)N1C. The van der Waals surface area contributed by atoms with Crippen LogP contribution in [0.3, 0.4) is 0 Å². The van der Waals surface area contributed by atoms with Crippen LogP contribution in [-0.4, -0.2) is 40.3 Å². The summed E-state index contributed by atoms with van der Waals surface area (Å²) in [6, 6.07) is 10.4. The molecular formula is C18H27NO2. The predicted octanol–water partition coefficient (Wildman–Crippen LogP) is 2.90. The molecule has 0 saturated carbocycles. The maximum absolute atomic E-state index is 10.4. The number of hydrogen-bond acceptors (Lipinski definition) is 3. The molecule has 2 rings (SSSR count). The van der Waals surface area contributed by atoms with Gasteiger partial charge in [0.25, 0.3) is 0 Å². The second kappa shape index (κ2) is 7.74. The summed E-state index contributed by atoms with van der Waals surface area (Å²) in [5.74, 6) is 0. The first-order valence-corrected chi connectivity index (χ1v) is 7.91. The highest BCUT2D eigenvalue weighted by Gasteiger charge is 2.27. The van der Waals surface area contributed by atoms with Crippen LogP contribution in [0.2, 0.25) is 0 Å². The number of rotatable bonds is 6. The van der Waals surface area contributed by atoms with E-state index in [4.69, 9.17) is 0 Å². The highest BCUT2D eigenvalue weighted by Crippen LogP contribution is 2.27. The summed E-state index contributed by atoms with van der Waals surface area (Å²) in [5, 5.41) is 20.3. The van der Waals surface area contributed by atoms with Gasteiger partial charge in [-0.05, 0) is 38.3 Å². The van der Waals surface area contributed by atoms with E-state index in [0.717, 1.165) is 24.8 Å². The molecule has 116 valence electrons. The normalized spacial score (nSPS) is 25.7. The molecule has 0 saturated heterocycles. The van der Waals surface area contributed by atoms with E-state index in [0.29, 0.717) is 12.5 Å². The Labute approximate surface area is 127 Å². The molecule has 0 aliphatic carbocycles. The Morgan fingerprint density at radius 2 is 1.90 bits per heavy atom. The largest absolute Gasteiger partial charge is 0.393 e. The molecule has 0 fully saturated rings. The van der Waals surface area contributed by atoms with E-state index in [-0.39, 0.29) is 12.1 Å². The molecule has 1 aliphatic heterocycles. The van der Waals surface area contributed by atoms with Crippen molar-refractivity contribution in [2.24, 2.45) is 0 Å². The predicted molar refractivity (Wildman–Crippen MR) is 86.0 cm³/mol. The van der Waals surface area contributed by atoms with E-state index in [1.807, 2.05) is 37.3 Å². The van der Waals surface area contributed by atoms with E-state index >= 15 is 0 Å². The van der Waals surface area contributed by atoms with Gasteiger partial charge in [0, 0.05) is 12.1 Å². The van der Waals surface area contributed by atoms with Crippen LogP contribution in [-0.2, 0) is 0 Å². The lowest BCUT2D eigenvalue weighted by atomic mass is 9.93. The van der Waals surface area contributed by atoms with Crippen LogP contribution in [0.15, 0.2) is 42.5 Å². The molecule has 1 aliphatic rings. The van der Waals surface area contributed by atoms with E-state index in [2.05, 4.69) is 24.1 Å². The van der Waals surface area contributed by atoms with Crippen molar-refractivity contribution in [3.05, 3.63) is 48.0 Å². The lowest BCUT2D eigenvalue weighted by Gasteiger charge is -2.38. The van der Waals surface area contributed by atoms with Crippen molar-refractivity contribution >= 4 is 0 Å². The monoisotopic (exact) mass is 289 g/mol. The molecule has 1 aromatic rings. The van der Waals surface area contributed by atoms with Crippen LogP contribution < -0.4 is 0 Å². The highest BCUT2D eigenvalue weighted by molar-refractivity contribution is 5.18. The second-order valence-corrected chi connectivity index (χ2v) is 6.01. The molecular weight excluding hydrogens is 262 g/mol. The molecule has 2 N–H and O–H groups in total. The van der Waals surface area contributed by atoms with Gasteiger partial charge in [-0.2, -0.15) is 0 Å². The van der Waals surface area contributed by atoms with Gasteiger partial charge in [-0.25, -0.2) is 0 Å². The molecule has 3 heteroatoms. The van der Waals surface area contributed by atoms with Gasteiger partial charge in [0.1, 0.15) is 0 Å². The lowest BCUT2D eigenvalue weighted by Crippen LogP contribution is -2.43. The van der Waals surface area contributed by atoms with Gasteiger partial charge in [0.15, 0.2) is 0 Å². The minimum atomic E-state index is -0.446. The number of aliphatic hydroxyl groups is 2.